The van der Waals surface area contributed by atoms with Crippen LogP contribution >= 0.6 is 0 Å². The molecule has 8 rings (SSSR count). The van der Waals surface area contributed by atoms with Crippen molar-refractivity contribution >= 4 is 41.0 Å². The first-order valence-corrected chi connectivity index (χ1v) is 15.3. The van der Waals surface area contributed by atoms with E-state index in [2.05, 4.69) is 24.3 Å². The van der Waals surface area contributed by atoms with Gasteiger partial charge < -0.3 is 4.74 Å². The summed E-state index contributed by atoms with van der Waals surface area (Å²) in [7, 11) is 0. The number of hydrogen-bond acceptors (Lipinski definition) is 6. The number of esters is 1. The zero-order valence-electron chi connectivity index (χ0n) is 23.9. The summed E-state index contributed by atoms with van der Waals surface area (Å²) in [6.07, 6.45) is 7.11. The maximum absolute atomic E-state index is 13.5. The molecule has 0 unspecified atom stereocenters. The zero-order valence-corrected chi connectivity index (χ0v) is 23.9. The fraction of sp³-hybridized carbons (Fsp3) is 0.306. The van der Waals surface area contributed by atoms with Gasteiger partial charge >= 0.3 is 5.97 Å². The van der Waals surface area contributed by atoms with E-state index in [1.54, 1.807) is 42.5 Å². The van der Waals surface area contributed by atoms with E-state index in [1.165, 1.54) is 21.4 Å². The minimum atomic E-state index is -0.647. The maximum atomic E-state index is 13.5. The van der Waals surface area contributed by atoms with Crippen molar-refractivity contribution in [2.24, 2.45) is 35.5 Å². The SMILES string of the molecule is O=C(Oc1ccc(N2C(=O)[C@@H]3[C@H](C2=O)[C@@H]2C=C[C@H]3C2)cc1)c1cccc(N2C(=O)[C@H]3C[C@H](c4ccccc4)CC[C@H]3C2=O)c1. The first-order chi connectivity index (χ1) is 21.4. The van der Waals surface area contributed by atoms with Crippen LogP contribution in [0.15, 0.2) is 91.0 Å². The molecule has 7 atom stereocenters. The molecule has 2 bridgehead atoms. The van der Waals surface area contributed by atoms with E-state index in [9.17, 15) is 24.0 Å². The quantitative estimate of drug-likeness (QED) is 0.174. The Labute approximate surface area is 254 Å². The van der Waals surface area contributed by atoms with E-state index in [0.29, 0.717) is 24.2 Å². The smallest absolute Gasteiger partial charge is 0.343 e. The molecule has 44 heavy (non-hydrogen) atoms. The first-order valence-electron chi connectivity index (χ1n) is 15.3. The second kappa shape index (κ2) is 10.1. The van der Waals surface area contributed by atoms with Gasteiger partial charge in [0.05, 0.1) is 40.6 Å². The van der Waals surface area contributed by atoms with Gasteiger partial charge in [0.25, 0.3) is 0 Å². The van der Waals surface area contributed by atoms with Gasteiger partial charge in [-0.2, -0.15) is 0 Å². The average molecular weight is 587 g/mol. The van der Waals surface area contributed by atoms with Gasteiger partial charge in [0.15, 0.2) is 0 Å². The van der Waals surface area contributed by atoms with Crippen molar-refractivity contribution in [1.82, 2.24) is 0 Å². The van der Waals surface area contributed by atoms with Gasteiger partial charge in [0.1, 0.15) is 5.75 Å². The van der Waals surface area contributed by atoms with Crippen LogP contribution in [0.25, 0.3) is 0 Å². The van der Waals surface area contributed by atoms with E-state index in [1.807, 2.05) is 18.2 Å². The van der Waals surface area contributed by atoms with Crippen LogP contribution in [0.4, 0.5) is 11.4 Å². The second-order valence-electron chi connectivity index (χ2n) is 12.6. The highest BCUT2D eigenvalue weighted by molar-refractivity contribution is 6.23. The van der Waals surface area contributed by atoms with E-state index >= 15 is 0 Å². The van der Waals surface area contributed by atoms with Crippen LogP contribution in [0.3, 0.4) is 0 Å². The summed E-state index contributed by atoms with van der Waals surface area (Å²) in [5, 5.41) is 0. The highest BCUT2D eigenvalue weighted by Gasteiger charge is 2.59. The lowest BCUT2D eigenvalue weighted by Gasteiger charge is -2.28. The number of imide groups is 2. The molecule has 0 spiro atoms. The molecule has 8 heteroatoms. The van der Waals surface area contributed by atoms with Gasteiger partial charge in [0, 0.05) is 0 Å². The first kappa shape index (κ1) is 26.8. The van der Waals surface area contributed by atoms with Crippen LogP contribution in [-0.4, -0.2) is 29.6 Å². The lowest BCUT2D eigenvalue weighted by atomic mass is 9.73. The van der Waals surface area contributed by atoms with Crippen molar-refractivity contribution in [3.63, 3.8) is 0 Å². The molecule has 2 saturated carbocycles. The van der Waals surface area contributed by atoms with Crippen molar-refractivity contribution in [3.05, 3.63) is 102 Å². The molecule has 5 aliphatic rings. The molecule has 8 nitrogen and oxygen atoms in total. The van der Waals surface area contributed by atoms with Crippen molar-refractivity contribution in [1.29, 1.82) is 0 Å². The molecule has 4 fully saturated rings. The van der Waals surface area contributed by atoms with E-state index < -0.39 is 5.97 Å². The minimum absolute atomic E-state index is 0.129. The minimum Gasteiger partial charge on any atom is -0.423 e. The molecule has 2 heterocycles. The lowest BCUT2D eigenvalue weighted by molar-refractivity contribution is -0.124. The van der Waals surface area contributed by atoms with E-state index in [4.69, 9.17) is 4.74 Å². The number of amides is 4. The molecule has 220 valence electrons. The molecular weight excluding hydrogens is 556 g/mol. The van der Waals surface area contributed by atoms with Gasteiger partial charge in [-0.25, -0.2) is 4.79 Å². The van der Waals surface area contributed by atoms with Crippen LogP contribution in [0.1, 0.15) is 47.5 Å². The topological polar surface area (TPSA) is 101 Å². The average Bonchev–Trinajstić information content (AvgIpc) is 3.80. The highest BCUT2D eigenvalue weighted by atomic mass is 16.5. The summed E-state index contributed by atoms with van der Waals surface area (Å²) in [5.41, 5.74) is 2.20. The van der Waals surface area contributed by atoms with E-state index in [0.717, 1.165) is 12.8 Å². The van der Waals surface area contributed by atoms with Gasteiger partial charge in [0.2, 0.25) is 23.6 Å². The summed E-state index contributed by atoms with van der Waals surface area (Å²) in [6.45, 7) is 0. The number of carbonyl (C=O) groups excluding carboxylic acids is 5. The molecule has 2 saturated heterocycles. The van der Waals surface area contributed by atoms with Crippen LogP contribution in [0.5, 0.6) is 5.75 Å². The summed E-state index contributed by atoms with van der Waals surface area (Å²) < 4.78 is 5.59. The monoisotopic (exact) mass is 586 g/mol. The van der Waals surface area contributed by atoms with E-state index in [-0.39, 0.29) is 76.4 Å². The number of fused-ring (bicyclic) bond motifs is 6. The van der Waals surface area contributed by atoms with Crippen LogP contribution < -0.4 is 14.5 Å². The molecule has 0 radical (unpaired) electrons. The molecule has 4 amide bonds. The number of benzene rings is 3. The Morgan fingerprint density at radius 1 is 0.636 bits per heavy atom. The van der Waals surface area contributed by atoms with Gasteiger partial charge in [-0.15, -0.1) is 0 Å². The summed E-state index contributed by atoms with van der Waals surface area (Å²) in [4.78, 5) is 68.8. The Morgan fingerprint density at radius 3 is 2.00 bits per heavy atom. The maximum Gasteiger partial charge on any atom is 0.343 e. The Kier molecular flexibility index (Phi) is 6.15. The van der Waals surface area contributed by atoms with Gasteiger partial charge in [-0.3, -0.25) is 29.0 Å². The highest BCUT2D eigenvalue weighted by Crippen LogP contribution is 2.53. The lowest BCUT2D eigenvalue weighted by Crippen LogP contribution is -2.32. The molecule has 3 aromatic carbocycles. The molecule has 0 aromatic heterocycles. The number of anilines is 2. The number of hydrogen-bond donors (Lipinski definition) is 0. The van der Waals surface area contributed by atoms with Crippen molar-refractivity contribution in [2.45, 2.75) is 31.6 Å². The third kappa shape index (κ3) is 4.08. The number of ether oxygens (including phenoxy) is 1. The normalized spacial score (nSPS) is 30.2. The number of carbonyl (C=O) groups is 5. The number of rotatable bonds is 5. The molecular formula is C36H30N2O6. The molecule has 3 aliphatic carbocycles. The van der Waals surface area contributed by atoms with Gasteiger partial charge in [-0.05, 0) is 91.5 Å². The van der Waals surface area contributed by atoms with Gasteiger partial charge in [-0.1, -0.05) is 48.6 Å². The summed E-state index contributed by atoms with van der Waals surface area (Å²) in [6, 6.07) is 22.8. The largest absolute Gasteiger partial charge is 0.423 e. The summed E-state index contributed by atoms with van der Waals surface area (Å²) >= 11 is 0. The molecule has 2 aliphatic heterocycles. The van der Waals surface area contributed by atoms with Crippen molar-refractivity contribution in [2.75, 3.05) is 9.80 Å². The predicted molar refractivity (Wildman–Crippen MR) is 161 cm³/mol. The third-order valence-corrected chi connectivity index (χ3v) is 10.3. The number of allylic oxidation sites excluding steroid dienone is 2. The Hall–Kier alpha value is -4.85. The third-order valence-electron chi connectivity index (χ3n) is 10.3. The molecule has 0 N–H and O–H groups in total. The zero-order chi connectivity index (χ0) is 30.1. The molecule has 3 aromatic rings. The standard InChI is InChI=1S/C36H30N2O6/c39-32-28-16-11-21(20-5-2-1-3-6-20)19-29(28)33(40)38(32)26-8-4-7-24(18-26)36(43)44-27-14-12-25(13-15-27)37-34(41)30-22-9-10-23(17-22)31(30)35(37)42/h1-10,12-15,18,21-23,28-31H,11,16-17,19H2/t21-,22-,23+,28-,29+,30-,31+/m1/s1. The fourth-order valence-electron chi connectivity index (χ4n) is 8.22. The summed E-state index contributed by atoms with van der Waals surface area (Å²) in [5.74, 6) is -1.98. The second-order valence-corrected chi connectivity index (χ2v) is 12.6. The number of nitrogens with zero attached hydrogens (tertiary/aromatic N) is 2. The van der Waals surface area contributed by atoms with Crippen LogP contribution in [-0.2, 0) is 19.2 Å². The Bertz CT molecular complexity index is 1720. The van der Waals surface area contributed by atoms with Crippen molar-refractivity contribution in [3.8, 4) is 5.75 Å². The Balaban J connectivity index is 0.959. The van der Waals surface area contributed by atoms with Crippen LogP contribution in [0.2, 0.25) is 0 Å². The Morgan fingerprint density at radius 2 is 1.30 bits per heavy atom. The van der Waals surface area contributed by atoms with Crippen molar-refractivity contribution < 1.29 is 28.7 Å². The predicted octanol–water partition coefficient (Wildman–Crippen LogP) is 5.29. The van der Waals surface area contributed by atoms with Crippen LogP contribution in [0, 0.1) is 35.5 Å². The fourth-order valence-corrected chi connectivity index (χ4v) is 8.22.